The first-order valence-corrected chi connectivity index (χ1v) is 31.0. The molecule has 44 heteroatoms. The Hall–Kier alpha value is -15.4. The normalized spacial score (nSPS) is 19.9. The van der Waals surface area contributed by atoms with Crippen molar-refractivity contribution in [3.63, 3.8) is 0 Å². The van der Waals surface area contributed by atoms with E-state index in [1.54, 1.807) is 0 Å². The number of carbonyl (C=O) groups is 8. The first-order valence-electron chi connectivity index (χ1n) is 31.0. The van der Waals surface area contributed by atoms with Crippen LogP contribution in [-0.4, -0.2) is 250 Å². The molecule has 2 fully saturated rings. The van der Waals surface area contributed by atoms with E-state index >= 15 is 4.79 Å². The molecule has 0 aromatic heterocycles. The summed E-state index contributed by atoms with van der Waals surface area (Å²) in [7, 11) is 0. The summed E-state index contributed by atoms with van der Waals surface area (Å²) in [6.45, 7) is -2.79. The third-order valence-electron chi connectivity index (χ3n) is 16.8. The molecule has 10 atom stereocenters. The van der Waals surface area contributed by atoms with E-state index in [2.05, 4.69) is 0 Å². The van der Waals surface area contributed by atoms with Crippen LogP contribution in [0, 0.1) is 0 Å². The molecule has 0 radical (unpaired) electrons. The second-order valence-electron chi connectivity index (χ2n) is 23.9. The molecule has 112 heavy (non-hydrogen) atoms. The maximum atomic E-state index is 15.3. The summed E-state index contributed by atoms with van der Waals surface area (Å²) in [5.74, 6) is -49.5. The monoisotopic (exact) mass is 1570 g/mol. The number of esters is 8. The summed E-state index contributed by atoms with van der Waals surface area (Å²) in [5, 5.41) is 266. The highest BCUT2D eigenvalue weighted by Crippen LogP contribution is 2.55. The first kappa shape index (κ1) is 77.7. The fourth-order valence-electron chi connectivity index (χ4n) is 11.2. The molecular formula is C68H52O44. The van der Waals surface area contributed by atoms with E-state index in [1.807, 2.05) is 0 Å². The van der Waals surface area contributed by atoms with Crippen molar-refractivity contribution in [2.45, 2.75) is 61.4 Å². The minimum absolute atomic E-state index is 0.145. The van der Waals surface area contributed by atoms with Gasteiger partial charge in [0.05, 0.1) is 45.6 Å². The van der Waals surface area contributed by atoms with Gasteiger partial charge in [-0.05, 0) is 72.8 Å². The number of rotatable bonds is 15. The lowest BCUT2D eigenvalue weighted by molar-refractivity contribution is -0.283. The van der Waals surface area contributed by atoms with Crippen LogP contribution < -0.4 is 4.74 Å². The van der Waals surface area contributed by atoms with Crippen LogP contribution in [0.1, 0.15) is 82.9 Å². The molecule has 44 nitrogen and oxygen atoms in total. The maximum absolute atomic E-state index is 15.3. The van der Waals surface area contributed by atoms with Crippen molar-refractivity contribution in [2.75, 3.05) is 13.2 Å². The molecular weight excluding hydrogens is 1520 g/mol. The minimum Gasteiger partial charge on any atom is -0.504 e. The van der Waals surface area contributed by atoms with Gasteiger partial charge in [0, 0.05) is 17.2 Å². The molecule has 0 bridgehead atoms. The fraction of sp³-hybridized carbons (Fsp3) is 0.176. The number of aromatic hydroxyl groups is 23. The number of carbonyl (C=O) groups excluding carboxylic acids is 8. The second kappa shape index (κ2) is 29.7. The van der Waals surface area contributed by atoms with Crippen LogP contribution in [-0.2, 0) is 47.4 Å². The first-order chi connectivity index (χ1) is 52.7. The fourth-order valence-corrected chi connectivity index (χ4v) is 11.2. The van der Waals surface area contributed by atoms with E-state index < -0.39 is 322 Å². The molecule has 3 heterocycles. The van der Waals surface area contributed by atoms with Crippen molar-refractivity contribution in [3.05, 3.63) is 123 Å². The third-order valence-corrected chi connectivity index (χ3v) is 16.8. The zero-order valence-corrected chi connectivity index (χ0v) is 55.1. The highest BCUT2D eigenvalue weighted by Gasteiger charge is 2.57. The van der Waals surface area contributed by atoms with Gasteiger partial charge < -0.3 is 180 Å². The lowest BCUT2D eigenvalue weighted by Gasteiger charge is -2.43. The van der Waals surface area contributed by atoms with E-state index in [1.165, 1.54) is 0 Å². The van der Waals surface area contributed by atoms with Gasteiger partial charge in [0.1, 0.15) is 30.5 Å². The van der Waals surface area contributed by atoms with Gasteiger partial charge in [0.15, 0.2) is 133 Å². The van der Waals surface area contributed by atoms with E-state index in [0.29, 0.717) is 66.7 Å². The van der Waals surface area contributed by atoms with Crippen molar-refractivity contribution < 1.29 is 218 Å². The minimum atomic E-state index is -3.01. The second-order valence-corrected chi connectivity index (χ2v) is 23.9. The lowest BCUT2D eigenvalue weighted by atomic mass is 9.92. The summed E-state index contributed by atoms with van der Waals surface area (Å²) in [4.78, 5) is 115. The number of benzene rings is 8. The molecule has 0 amide bonds. The molecule has 25 N–H and O–H groups in total. The summed E-state index contributed by atoms with van der Waals surface area (Å²) in [5.41, 5.74) is -11.2. The Morgan fingerprint density at radius 2 is 0.679 bits per heavy atom. The molecule has 8 aromatic carbocycles. The van der Waals surface area contributed by atoms with Crippen LogP contribution in [0.15, 0.2) is 78.9 Å². The summed E-state index contributed by atoms with van der Waals surface area (Å²) < 4.78 is 61.5. The molecule has 3 aliphatic heterocycles. The smallest absolute Gasteiger partial charge is 0.342 e. The molecule has 0 spiro atoms. The van der Waals surface area contributed by atoms with E-state index in [4.69, 9.17) is 52.1 Å². The van der Waals surface area contributed by atoms with Crippen LogP contribution in [0.4, 0.5) is 0 Å². The van der Waals surface area contributed by atoms with Gasteiger partial charge in [-0.2, -0.15) is 0 Å². The highest BCUT2D eigenvalue weighted by molar-refractivity contribution is 6.09. The number of hydrogen-bond acceptors (Lipinski definition) is 44. The van der Waals surface area contributed by atoms with E-state index in [0.717, 1.165) is 0 Å². The van der Waals surface area contributed by atoms with Crippen LogP contribution in [0.25, 0.3) is 11.1 Å². The molecule has 8 aromatic rings. The maximum Gasteiger partial charge on any atom is 0.342 e. The van der Waals surface area contributed by atoms with Gasteiger partial charge in [-0.3, -0.25) is 0 Å². The van der Waals surface area contributed by atoms with Crippen molar-refractivity contribution in [3.8, 4) is 155 Å². The van der Waals surface area contributed by atoms with Crippen molar-refractivity contribution in [2.24, 2.45) is 0 Å². The van der Waals surface area contributed by atoms with Gasteiger partial charge in [0.2, 0.25) is 53.5 Å². The van der Waals surface area contributed by atoms with Gasteiger partial charge in [-0.25, -0.2) is 38.4 Å². The van der Waals surface area contributed by atoms with Crippen LogP contribution >= 0.6 is 0 Å². The van der Waals surface area contributed by atoms with Crippen molar-refractivity contribution in [1.29, 1.82) is 0 Å². The number of phenols is 23. The number of phenolic OH excluding ortho intramolecular Hbond substituents is 23. The van der Waals surface area contributed by atoms with E-state index in [9.17, 15) is 161 Å². The van der Waals surface area contributed by atoms with Crippen LogP contribution in [0.2, 0.25) is 0 Å². The van der Waals surface area contributed by atoms with Crippen molar-refractivity contribution in [1.82, 2.24) is 0 Å². The lowest BCUT2D eigenvalue weighted by Crippen LogP contribution is -2.63. The number of hydrogen-bond donors (Lipinski definition) is 25. The summed E-state index contributed by atoms with van der Waals surface area (Å²) in [6, 6.07) is 5.15. The van der Waals surface area contributed by atoms with Crippen LogP contribution in [0.5, 0.6) is 144 Å². The number of aliphatic hydroxyl groups excluding tert-OH is 2. The van der Waals surface area contributed by atoms with Crippen molar-refractivity contribution >= 4 is 47.8 Å². The molecule has 0 saturated carbocycles. The highest BCUT2D eigenvalue weighted by atomic mass is 16.8. The number of aliphatic hydroxyl groups is 2. The molecule has 10 unspecified atom stereocenters. The van der Waals surface area contributed by atoms with Gasteiger partial charge in [-0.1, -0.05) is 0 Å². The standard InChI is InChI=1S/C68H52O44/c69-14-37-49(90)55(107-59(94)16-1-24(70)41(82)25(71)2-16)57(109-61(96)18-5-28(74)43(84)29(75)6-18)67(104-37)112-63(98)20-9-32(78)45(86)36(10-20)103-53-23(13-35(81)48(89)52(53)93)66(101)110-58-56(108-60(95)17-3-26(72)42(83)27(73)4-17)54-38(105-68(58)111-62(97)19-7-30(76)44(85)31(77)8-19)15-102-64(99)21-11-33(79)46(87)50(91)39(21)40-22(65(100)106-54)12-34(80)47(88)51(40)92/h1-13,37-38,49,54-58,67-93H,14-15H2. The molecule has 2 saturated heterocycles. The summed E-state index contributed by atoms with van der Waals surface area (Å²) >= 11 is 0. The zero-order valence-electron chi connectivity index (χ0n) is 55.1. The van der Waals surface area contributed by atoms with Gasteiger partial charge in [-0.15, -0.1) is 0 Å². The zero-order chi connectivity index (χ0) is 82.0. The number of fused-ring (bicyclic) bond motifs is 4. The largest absolute Gasteiger partial charge is 0.504 e. The molecule has 0 aliphatic carbocycles. The summed E-state index contributed by atoms with van der Waals surface area (Å²) in [6.07, 6.45) is -26.2. The Morgan fingerprint density at radius 3 is 1.11 bits per heavy atom. The van der Waals surface area contributed by atoms with E-state index in [-0.39, 0.29) is 12.1 Å². The average molecular weight is 1570 g/mol. The SMILES string of the molecule is O=C(OC1OC(CO)C(O)C(OC(=O)c2cc(O)c(O)c(O)c2)C1OC(=O)c1cc(O)c(O)c(O)c1)c1cc(O)c(O)c(Oc2c(C(=O)OC3C(OC(=O)c4cc(O)c(O)c(O)c4)OC4COC(=O)c5cc(O)c(O)c(O)c5-c5c(cc(O)c(O)c5O)C(=O)OC4C3OC(=O)c3cc(O)c(O)c(O)c3)cc(O)c(O)c2O)c1. The predicted octanol–water partition coefficient (Wildman–Crippen LogP) is 1.79. The van der Waals surface area contributed by atoms with Crippen LogP contribution in [0.3, 0.4) is 0 Å². The number of ether oxygens (including phenoxy) is 11. The number of cyclic esters (lactones) is 1. The molecule has 11 rings (SSSR count). The topological polar surface area (TPSA) is 744 Å². The Balaban J connectivity index is 1.01. The Bertz CT molecular complexity index is 5190. The Morgan fingerprint density at radius 1 is 0.348 bits per heavy atom. The third kappa shape index (κ3) is 14.4. The average Bonchev–Trinajstić information content (AvgIpc) is 1.20. The molecule has 588 valence electrons. The Kier molecular flexibility index (Phi) is 20.6. The quantitative estimate of drug-likeness (QED) is 0.0395. The molecule has 3 aliphatic rings. The van der Waals surface area contributed by atoms with Gasteiger partial charge in [0.25, 0.3) is 0 Å². The van der Waals surface area contributed by atoms with Gasteiger partial charge >= 0.3 is 47.8 Å². The Labute approximate surface area is 617 Å². The predicted molar refractivity (Wildman–Crippen MR) is 346 cm³/mol.